The summed E-state index contributed by atoms with van der Waals surface area (Å²) < 4.78 is 8.16. The summed E-state index contributed by atoms with van der Waals surface area (Å²) in [5.41, 5.74) is 3.55. The molecule has 1 aliphatic carbocycles. The molecule has 6 rings (SSSR count). The third-order valence-corrected chi connectivity index (χ3v) is 8.25. The van der Waals surface area contributed by atoms with Crippen molar-refractivity contribution in [3.63, 3.8) is 0 Å². The van der Waals surface area contributed by atoms with Crippen molar-refractivity contribution >= 4 is 34.7 Å². The fraction of sp³-hybridized carbons (Fsp3) is 0.400. The molecule has 1 saturated carbocycles. The maximum atomic E-state index is 12.1. The second-order valence-corrected chi connectivity index (χ2v) is 11.2. The van der Waals surface area contributed by atoms with Crippen LogP contribution in [0.4, 0.5) is 5.95 Å². The molecule has 1 N–H and O–H groups in total. The quantitative estimate of drug-likeness (QED) is 0.306. The van der Waals surface area contributed by atoms with E-state index in [1.54, 1.807) is 6.07 Å². The summed E-state index contributed by atoms with van der Waals surface area (Å²) in [5.74, 6) is 0.541. The highest BCUT2D eigenvalue weighted by Gasteiger charge is 2.32. The van der Waals surface area contributed by atoms with Crippen molar-refractivity contribution in [1.82, 2.24) is 19.5 Å². The first kappa shape index (κ1) is 25.8. The smallest absolute Gasteiger partial charge is 0.374 e. The van der Waals surface area contributed by atoms with E-state index >= 15 is 0 Å². The lowest BCUT2D eigenvalue weighted by Crippen LogP contribution is -2.41. The van der Waals surface area contributed by atoms with Crippen LogP contribution in [0, 0.1) is 11.8 Å². The van der Waals surface area contributed by atoms with Gasteiger partial charge < -0.3 is 19.3 Å². The zero-order valence-electron chi connectivity index (χ0n) is 22.0. The number of carboxylic acids is 1. The Labute approximate surface area is 232 Å². The number of halogens is 1. The van der Waals surface area contributed by atoms with Gasteiger partial charge >= 0.3 is 5.97 Å². The minimum Gasteiger partial charge on any atom is -0.475 e. The van der Waals surface area contributed by atoms with Crippen LogP contribution in [0.1, 0.15) is 54.8 Å². The normalized spacial score (nSPS) is 21.8. The van der Waals surface area contributed by atoms with Crippen LogP contribution in [0.5, 0.6) is 0 Å². The molecule has 8 nitrogen and oxygen atoms in total. The van der Waals surface area contributed by atoms with E-state index in [0.717, 1.165) is 47.9 Å². The molecule has 2 aromatic heterocycles. The Bertz CT molecular complexity index is 1480. The Hall–Kier alpha value is -3.49. The van der Waals surface area contributed by atoms with Gasteiger partial charge in [0.1, 0.15) is 11.2 Å². The molecule has 0 bridgehead atoms. The topological polar surface area (TPSA) is 93.4 Å². The summed E-state index contributed by atoms with van der Waals surface area (Å²) in [5, 5.41) is 10.4. The molecule has 2 aliphatic rings. The van der Waals surface area contributed by atoms with E-state index in [0.29, 0.717) is 42.0 Å². The van der Waals surface area contributed by atoms with Crippen molar-refractivity contribution in [2.24, 2.45) is 11.8 Å². The number of hydrogen-bond acceptors (Lipinski definition) is 6. The molecule has 39 heavy (non-hydrogen) atoms. The number of anilines is 1. The average molecular weight is 546 g/mol. The van der Waals surface area contributed by atoms with Crippen LogP contribution >= 0.6 is 11.6 Å². The number of carbonyl (C=O) groups is 1. The van der Waals surface area contributed by atoms with Gasteiger partial charge in [-0.2, -0.15) is 4.98 Å². The maximum absolute atomic E-state index is 12.1. The summed E-state index contributed by atoms with van der Waals surface area (Å²) >= 11 is 6.37. The van der Waals surface area contributed by atoms with Crippen molar-refractivity contribution in [3.05, 3.63) is 71.0 Å². The minimum atomic E-state index is -1.19. The van der Waals surface area contributed by atoms with Gasteiger partial charge in [0.2, 0.25) is 11.8 Å². The molecule has 1 atom stereocenters. The first-order valence-corrected chi connectivity index (χ1v) is 14.0. The molecule has 1 saturated heterocycles. The van der Waals surface area contributed by atoms with Crippen molar-refractivity contribution in [1.29, 1.82) is 0 Å². The van der Waals surface area contributed by atoms with Gasteiger partial charge in [0.05, 0.1) is 19.3 Å². The largest absolute Gasteiger partial charge is 0.475 e. The van der Waals surface area contributed by atoms with Crippen LogP contribution in [0.15, 0.2) is 54.6 Å². The highest BCUT2D eigenvalue weighted by atomic mass is 35.5. The van der Waals surface area contributed by atoms with E-state index in [1.165, 1.54) is 12.8 Å². The number of ether oxygens (including phenoxy) is 1. The summed E-state index contributed by atoms with van der Waals surface area (Å²) in [6.07, 6.45) is 4.70. The summed E-state index contributed by atoms with van der Waals surface area (Å²) in [6.45, 7) is 4.88. The number of hydrogen-bond donors (Lipinski definition) is 1. The Morgan fingerprint density at radius 2 is 1.85 bits per heavy atom. The molecule has 0 radical (unpaired) electrons. The fourth-order valence-corrected chi connectivity index (χ4v) is 6.10. The number of fused-ring (bicyclic) bond motifs is 1. The van der Waals surface area contributed by atoms with Crippen LogP contribution in [0.2, 0.25) is 5.02 Å². The molecule has 1 aliphatic heterocycles. The van der Waals surface area contributed by atoms with Crippen LogP contribution in [-0.4, -0.2) is 50.4 Å². The van der Waals surface area contributed by atoms with Gasteiger partial charge in [0, 0.05) is 23.7 Å². The van der Waals surface area contributed by atoms with E-state index in [9.17, 15) is 9.90 Å². The lowest BCUT2D eigenvalue weighted by Gasteiger charge is -2.37. The summed E-state index contributed by atoms with van der Waals surface area (Å²) in [6, 6.07) is 17.7. The molecule has 0 spiro atoms. The molecule has 2 aromatic carbocycles. The Balaban J connectivity index is 1.56. The van der Waals surface area contributed by atoms with Gasteiger partial charge in [-0.15, -0.1) is 0 Å². The number of aromatic carboxylic acids is 1. The van der Waals surface area contributed by atoms with Crippen molar-refractivity contribution < 1.29 is 14.6 Å². The van der Waals surface area contributed by atoms with Crippen molar-refractivity contribution in [3.8, 4) is 11.3 Å². The molecule has 3 heterocycles. The van der Waals surface area contributed by atoms with Gasteiger partial charge in [0.25, 0.3) is 0 Å². The standard InChI is InChI=1S/C30H32ClN5O3/c1-19-10-12-20(13-11-19)17-36-26-25(22-8-5-9-23(31)16-22)32-28(29(37)38)33-27(26)34-30(36)35-14-15-39-18-24(35)21-6-3-2-4-7-21/h2-9,16,19-20,24H,10-15,17-18H2,1H3,(H,37,38)/t19?,20?,24-/m0/s1. The van der Waals surface area contributed by atoms with Gasteiger partial charge in [-0.05, 0) is 42.4 Å². The lowest BCUT2D eigenvalue weighted by molar-refractivity contribution is 0.0684. The van der Waals surface area contributed by atoms with Gasteiger partial charge in [-0.25, -0.2) is 14.8 Å². The second-order valence-electron chi connectivity index (χ2n) is 10.7. The molecule has 0 amide bonds. The first-order valence-electron chi connectivity index (χ1n) is 13.6. The Morgan fingerprint density at radius 1 is 1.05 bits per heavy atom. The van der Waals surface area contributed by atoms with Crippen molar-refractivity contribution in [2.75, 3.05) is 24.7 Å². The zero-order valence-corrected chi connectivity index (χ0v) is 22.7. The molecule has 9 heteroatoms. The predicted octanol–water partition coefficient (Wildman–Crippen LogP) is 6.25. The number of morpholine rings is 1. The number of imidazole rings is 1. The lowest BCUT2D eigenvalue weighted by atomic mass is 9.83. The highest BCUT2D eigenvalue weighted by Crippen LogP contribution is 2.38. The summed E-state index contributed by atoms with van der Waals surface area (Å²) in [7, 11) is 0. The number of rotatable bonds is 6. The molecule has 2 fully saturated rings. The van der Waals surface area contributed by atoms with E-state index in [2.05, 4.69) is 38.5 Å². The maximum Gasteiger partial charge on any atom is 0.374 e. The predicted molar refractivity (Wildman–Crippen MR) is 151 cm³/mol. The van der Waals surface area contributed by atoms with Gasteiger partial charge in [0.15, 0.2) is 5.65 Å². The number of nitrogens with zero attached hydrogens (tertiary/aromatic N) is 5. The van der Waals surface area contributed by atoms with E-state index < -0.39 is 5.97 Å². The Kier molecular flexibility index (Phi) is 7.23. The highest BCUT2D eigenvalue weighted by molar-refractivity contribution is 6.30. The van der Waals surface area contributed by atoms with Crippen LogP contribution in [0.3, 0.4) is 0 Å². The number of carboxylic acid groups (broad SMARTS) is 1. The molecular weight excluding hydrogens is 514 g/mol. The van der Waals surface area contributed by atoms with E-state index in [4.69, 9.17) is 21.3 Å². The molecule has 0 unspecified atom stereocenters. The van der Waals surface area contributed by atoms with Gasteiger partial charge in [-0.1, -0.05) is 73.8 Å². The monoisotopic (exact) mass is 545 g/mol. The zero-order chi connectivity index (χ0) is 26.9. The average Bonchev–Trinajstić information content (AvgIpc) is 3.32. The SMILES string of the molecule is CC1CCC(Cn2c(N3CCOC[C@H]3c3ccccc3)nc3nc(C(=O)O)nc(-c4cccc(Cl)c4)c32)CC1. The first-order chi connectivity index (χ1) is 19.0. The molecule has 202 valence electrons. The van der Waals surface area contributed by atoms with Crippen LogP contribution in [0.25, 0.3) is 22.4 Å². The second kappa shape index (κ2) is 10.9. The summed E-state index contributed by atoms with van der Waals surface area (Å²) in [4.78, 5) is 28.3. The van der Waals surface area contributed by atoms with Gasteiger partial charge in [-0.3, -0.25) is 0 Å². The third-order valence-electron chi connectivity index (χ3n) is 8.02. The van der Waals surface area contributed by atoms with Crippen molar-refractivity contribution in [2.45, 2.75) is 45.2 Å². The van der Waals surface area contributed by atoms with E-state index in [-0.39, 0.29) is 11.9 Å². The van der Waals surface area contributed by atoms with Crippen LogP contribution in [-0.2, 0) is 11.3 Å². The third kappa shape index (κ3) is 5.23. The van der Waals surface area contributed by atoms with E-state index in [1.807, 2.05) is 36.4 Å². The fourth-order valence-electron chi connectivity index (χ4n) is 5.91. The number of benzene rings is 2. The number of aromatic nitrogens is 4. The molecular formula is C30H32ClN5O3. The Morgan fingerprint density at radius 3 is 2.59 bits per heavy atom. The minimum absolute atomic E-state index is 0.0246. The van der Waals surface area contributed by atoms with Crippen LogP contribution < -0.4 is 4.90 Å². The molecule has 4 aromatic rings.